The number of fused-ring (bicyclic) bond motifs is 3. The van der Waals surface area contributed by atoms with E-state index in [0.717, 1.165) is 17.1 Å². The molecule has 2 amide bonds. The summed E-state index contributed by atoms with van der Waals surface area (Å²) in [5, 5.41) is 6.48. The Morgan fingerprint density at radius 2 is 1.88 bits per heavy atom. The number of nitrogens with zero attached hydrogens (tertiary/aromatic N) is 2. The van der Waals surface area contributed by atoms with E-state index in [1.54, 1.807) is 11.3 Å². The molecule has 2 heterocycles. The van der Waals surface area contributed by atoms with Gasteiger partial charge in [-0.25, -0.2) is 4.79 Å². The van der Waals surface area contributed by atoms with Crippen molar-refractivity contribution < 1.29 is 9.36 Å². The molecule has 0 aliphatic carbocycles. The lowest BCUT2D eigenvalue weighted by Gasteiger charge is -2.22. The first kappa shape index (κ1) is 15.8. The summed E-state index contributed by atoms with van der Waals surface area (Å²) in [7, 11) is 0. The Balaban J connectivity index is 1.77. The summed E-state index contributed by atoms with van der Waals surface area (Å²) in [6, 6.07) is 17.6. The Morgan fingerprint density at radius 1 is 1.16 bits per heavy atom. The predicted octanol–water partition coefficient (Wildman–Crippen LogP) is 4.49. The molecular formula is C20H20N3OS+. The summed E-state index contributed by atoms with van der Waals surface area (Å²) in [6.45, 7) is 4.94. The fourth-order valence-electron chi connectivity index (χ4n) is 3.31. The van der Waals surface area contributed by atoms with Gasteiger partial charge >= 0.3 is 6.03 Å². The van der Waals surface area contributed by atoms with Crippen molar-refractivity contribution in [1.82, 2.24) is 0 Å². The van der Waals surface area contributed by atoms with Crippen LogP contribution in [0, 0.1) is 6.92 Å². The van der Waals surface area contributed by atoms with E-state index >= 15 is 0 Å². The molecule has 25 heavy (non-hydrogen) atoms. The van der Waals surface area contributed by atoms with Crippen LogP contribution in [0.25, 0.3) is 5.69 Å². The fraction of sp³-hybridized carbons (Fsp3) is 0.200. The average Bonchev–Trinajstić information content (AvgIpc) is 2.96. The first-order chi connectivity index (χ1) is 12.1. The highest BCUT2D eigenvalue weighted by molar-refractivity contribution is 7.09. The minimum atomic E-state index is -0.0982. The van der Waals surface area contributed by atoms with E-state index in [9.17, 15) is 4.79 Å². The van der Waals surface area contributed by atoms with Crippen LogP contribution in [0.15, 0.2) is 60.0 Å². The van der Waals surface area contributed by atoms with E-state index in [-0.39, 0.29) is 11.9 Å². The second-order valence-electron chi connectivity index (χ2n) is 6.35. The third-order valence-electron chi connectivity index (χ3n) is 4.48. The molecule has 1 aliphatic rings. The minimum Gasteiger partial charge on any atom is -0.308 e. The lowest BCUT2D eigenvalue weighted by atomic mass is 10.2. The zero-order valence-corrected chi connectivity index (χ0v) is 15.1. The number of anilines is 2. The molecule has 1 unspecified atom stereocenters. The van der Waals surface area contributed by atoms with E-state index in [4.69, 9.17) is 0 Å². The van der Waals surface area contributed by atoms with Crippen molar-refractivity contribution in [2.75, 3.05) is 16.8 Å². The Hall–Kier alpha value is -2.66. The van der Waals surface area contributed by atoms with Gasteiger partial charge in [0.1, 0.15) is 5.69 Å². The van der Waals surface area contributed by atoms with Crippen molar-refractivity contribution >= 4 is 28.7 Å². The maximum atomic E-state index is 13.0. The molecule has 0 saturated carbocycles. The number of carbonyl (C=O) groups is 1. The van der Waals surface area contributed by atoms with Crippen molar-refractivity contribution in [3.8, 4) is 5.69 Å². The van der Waals surface area contributed by atoms with Gasteiger partial charge in [0.15, 0.2) is 5.69 Å². The maximum absolute atomic E-state index is 13.0. The number of aryl methyl sites for hydroxylation is 1. The van der Waals surface area contributed by atoms with Crippen LogP contribution in [0.2, 0.25) is 0 Å². The number of hydrogen-bond acceptors (Lipinski definition) is 2. The number of benzene rings is 2. The maximum Gasteiger partial charge on any atom is 0.326 e. The molecule has 1 aliphatic heterocycles. The second kappa shape index (κ2) is 6.33. The molecule has 0 fully saturated rings. The Bertz CT molecular complexity index is 920. The SMILES string of the molecule is Cc1csc2[n+]1-c1ccccc1N(C(=O)Nc1ccccc1)CC2C. The van der Waals surface area contributed by atoms with E-state index in [2.05, 4.69) is 35.2 Å². The Labute approximate surface area is 151 Å². The molecule has 1 atom stereocenters. The minimum absolute atomic E-state index is 0.0982. The van der Waals surface area contributed by atoms with Crippen molar-refractivity contribution in [1.29, 1.82) is 0 Å². The monoisotopic (exact) mass is 350 g/mol. The smallest absolute Gasteiger partial charge is 0.308 e. The standard InChI is InChI=1S/C20H19N3OS/c1-14-12-22(20(24)21-16-8-4-3-5-9-16)17-10-6-7-11-18(17)23-15(2)13-25-19(14)23/h3-11,13-14H,12H2,1-2H3/p+1. The summed E-state index contributed by atoms with van der Waals surface area (Å²) in [6.07, 6.45) is 0. The summed E-state index contributed by atoms with van der Waals surface area (Å²) >= 11 is 1.76. The number of hydrogen-bond donors (Lipinski definition) is 1. The number of nitrogens with one attached hydrogen (secondary N) is 1. The van der Waals surface area contributed by atoms with Crippen LogP contribution < -0.4 is 14.8 Å². The van der Waals surface area contributed by atoms with Crippen molar-refractivity contribution in [3.63, 3.8) is 0 Å². The number of urea groups is 1. The van der Waals surface area contributed by atoms with Crippen LogP contribution in [0.4, 0.5) is 16.2 Å². The van der Waals surface area contributed by atoms with Crippen LogP contribution in [0.1, 0.15) is 23.5 Å². The highest BCUT2D eigenvalue weighted by atomic mass is 32.1. The normalized spacial score (nSPS) is 15.9. The lowest BCUT2D eigenvalue weighted by Crippen LogP contribution is -2.37. The Morgan fingerprint density at radius 3 is 2.68 bits per heavy atom. The topological polar surface area (TPSA) is 36.2 Å². The highest BCUT2D eigenvalue weighted by Gasteiger charge is 2.36. The van der Waals surface area contributed by atoms with Crippen LogP contribution in [0.3, 0.4) is 0 Å². The van der Waals surface area contributed by atoms with Gasteiger partial charge in [-0.2, -0.15) is 0 Å². The van der Waals surface area contributed by atoms with Gasteiger partial charge in [-0.05, 0) is 25.1 Å². The van der Waals surface area contributed by atoms with Crippen LogP contribution in [-0.2, 0) is 0 Å². The molecule has 0 bridgehead atoms. The summed E-state index contributed by atoms with van der Waals surface area (Å²) < 4.78 is 2.28. The van der Waals surface area contributed by atoms with Crippen LogP contribution in [0.5, 0.6) is 0 Å². The molecule has 0 radical (unpaired) electrons. The molecule has 4 nitrogen and oxygen atoms in total. The molecule has 0 saturated heterocycles. The highest BCUT2D eigenvalue weighted by Crippen LogP contribution is 2.32. The van der Waals surface area contributed by atoms with Crippen LogP contribution in [-0.4, -0.2) is 12.6 Å². The number of amides is 2. The van der Waals surface area contributed by atoms with E-state index in [0.29, 0.717) is 6.54 Å². The van der Waals surface area contributed by atoms with E-state index < -0.39 is 0 Å². The molecule has 126 valence electrons. The lowest BCUT2D eigenvalue weighted by molar-refractivity contribution is -0.605. The fourth-order valence-corrected chi connectivity index (χ4v) is 4.36. The molecule has 4 rings (SSSR count). The molecule has 1 N–H and O–H groups in total. The zero-order valence-electron chi connectivity index (χ0n) is 14.3. The van der Waals surface area contributed by atoms with Gasteiger partial charge in [0, 0.05) is 25.2 Å². The number of aromatic nitrogens is 1. The number of rotatable bonds is 1. The van der Waals surface area contributed by atoms with Gasteiger partial charge in [-0.1, -0.05) is 41.7 Å². The third-order valence-corrected chi connectivity index (χ3v) is 5.77. The number of para-hydroxylation sites is 3. The Kier molecular flexibility index (Phi) is 4.01. The van der Waals surface area contributed by atoms with Gasteiger partial charge in [0.2, 0.25) is 10.7 Å². The number of thiazole rings is 1. The van der Waals surface area contributed by atoms with E-state index in [1.165, 1.54) is 10.7 Å². The largest absolute Gasteiger partial charge is 0.326 e. The first-order valence-corrected chi connectivity index (χ1v) is 9.26. The summed E-state index contributed by atoms with van der Waals surface area (Å²) in [4.78, 5) is 14.8. The number of carbonyl (C=O) groups excluding carboxylic acids is 1. The molecular weight excluding hydrogens is 330 g/mol. The van der Waals surface area contributed by atoms with Gasteiger partial charge in [0.05, 0.1) is 11.3 Å². The van der Waals surface area contributed by atoms with Gasteiger partial charge in [-0.3, -0.25) is 4.90 Å². The van der Waals surface area contributed by atoms with Crippen molar-refractivity contribution in [2.24, 2.45) is 0 Å². The molecule has 5 heteroatoms. The molecule has 3 aromatic rings. The predicted molar refractivity (Wildman–Crippen MR) is 102 cm³/mol. The van der Waals surface area contributed by atoms with E-state index in [1.807, 2.05) is 53.4 Å². The van der Waals surface area contributed by atoms with Crippen LogP contribution >= 0.6 is 11.3 Å². The van der Waals surface area contributed by atoms with Gasteiger partial charge in [-0.15, -0.1) is 4.57 Å². The first-order valence-electron chi connectivity index (χ1n) is 8.38. The summed E-state index contributed by atoms with van der Waals surface area (Å²) in [5.41, 5.74) is 4.00. The average molecular weight is 350 g/mol. The zero-order chi connectivity index (χ0) is 17.4. The molecule has 2 aromatic carbocycles. The second-order valence-corrected chi connectivity index (χ2v) is 7.24. The van der Waals surface area contributed by atoms with Gasteiger partial charge < -0.3 is 5.32 Å². The van der Waals surface area contributed by atoms with Gasteiger partial charge in [0.25, 0.3) is 0 Å². The molecule has 1 aromatic heterocycles. The van der Waals surface area contributed by atoms with Crippen molar-refractivity contribution in [2.45, 2.75) is 19.8 Å². The quantitative estimate of drug-likeness (QED) is 0.645. The third kappa shape index (κ3) is 2.81. The van der Waals surface area contributed by atoms with Crippen molar-refractivity contribution in [3.05, 3.63) is 70.7 Å². The molecule has 0 spiro atoms. The summed E-state index contributed by atoms with van der Waals surface area (Å²) in [5.74, 6) is 0.257.